The number of hydrogen-bond acceptors (Lipinski definition) is 6. The second kappa shape index (κ2) is 8.55. The molecule has 27 heavy (non-hydrogen) atoms. The van der Waals surface area contributed by atoms with Gasteiger partial charge in [-0.1, -0.05) is 29.5 Å². The Morgan fingerprint density at radius 1 is 1.19 bits per heavy atom. The molecule has 1 aromatic heterocycles. The summed E-state index contributed by atoms with van der Waals surface area (Å²) in [5.41, 5.74) is 1.78. The summed E-state index contributed by atoms with van der Waals surface area (Å²) in [5.74, 6) is 1.45. The second-order valence-electron chi connectivity index (χ2n) is 5.64. The molecule has 0 bridgehead atoms. The van der Waals surface area contributed by atoms with Crippen LogP contribution in [0.3, 0.4) is 0 Å². The lowest BCUT2D eigenvalue weighted by Crippen LogP contribution is -2.20. The molecule has 7 heteroatoms. The van der Waals surface area contributed by atoms with E-state index >= 15 is 0 Å². The van der Waals surface area contributed by atoms with Crippen LogP contribution in [0, 0.1) is 0 Å². The van der Waals surface area contributed by atoms with E-state index in [-0.39, 0.29) is 12.5 Å². The molecule has 140 valence electrons. The highest BCUT2D eigenvalue weighted by Gasteiger charge is 2.13. The number of fused-ring (bicyclic) bond motifs is 1. The molecule has 0 atom stereocenters. The fraction of sp³-hybridized carbons (Fsp3) is 0.200. The number of rotatable bonds is 8. The van der Waals surface area contributed by atoms with Gasteiger partial charge in [-0.15, -0.1) is 6.58 Å². The van der Waals surface area contributed by atoms with E-state index in [1.807, 2.05) is 36.4 Å². The summed E-state index contributed by atoms with van der Waals surface area (Å²) in [6, 6.07) is 11.2. The van der Waals surface area contributed by atoms with Crippen LogP contribution in [0.2, 0.25) is 0 Å². The highest BCUT2D eigenvalue weighted by Crippen LogP contribution is 2.32. The number of anilines is 1. The number of nitrogens with one attached hydrogen (secondary N) is 1. The van der Waals surface area contributed by atoms with Crippen molar-refractivity contribution in [3.8, 4) is 17.2 Å². The third kappa shape index (κ3) is 4.38. The first-order valence-electron chi connectivity index (χ1n) is 8.28. The first-order valence-corrected chi connectivity index (χ1v) is 9.10. The lowest BCUT2D eigenvalue weighted by atomic mass is 10.1. The number of allylic oxidation sites excluding steroid dienone is 1. The fourth-order valence-corrected chi connectivity index (χ4v) is 3.46. The lowest BCUT2D eigenvalue weighted by molar-refractivity contribution is -0.118. The number of aromatic nitrogens is 1. The molecule has 6 nitrogen and oxygen atoms in total. The molecule has 0 aliphatic rings. The Hall–Kier alpha value is -3.06. The minimum Gasteiger partial charge on any atom is -0.494 e. The summed E-state index contributed by atoms with van der Waals surface area (Å²) in [5, 5.41) is 3.25. The first-order chi connectivity index (χ1) is 13.1. The van der Waals surface area contributed by atoms with E-state index in [1.165, 1.54) is 11.3 Å². The molecule has 0 fully saturated rings. The van der Waals surface area contributed by atoms with E-state index in [4.69, 9.17) is 14.2 Å². The maximum absolute atomic E-state index is 12.2. The number of ether oxygens (including phenoxy) is 3. The zero-order chi connectivity index (χ0) is 19.2. The number of carbonyl (C=O) groups is 1. The van der Waals surface area contributed by atoms with E-state index in [0.717, 1.165) is 22.2 Å². The highest BCUT2D eigenvalue weighted by atomic mass is 32.1. The molecular weight excluding hydrogens is 364 g/mol. The molecule has 0 spiro atoms. The van der Waals surface area contributed by atoms with Gasteiger partial charge >= 0.3 is 0 Å². The fourth-order valence-electron chi connectivity index (χ4n) is 2.56. The van der Waals surface area contributed by atoms with Crippen LogP contribution in [-0.4, -0.2) is 31.7 Å². The molecule has 0 radical (unpaired) electrons. The number of amides is 1. The van der Waals surface area contributed by atoms with Crippen LogP contribution in [-0.2, 0) is 11.2 Å². The average Bonchev–Trinajstić information content (AvgIpc) is 3.09. The quantitative estimate of drug-likeness (QED) is 0.593. The molecule has 0 unspecified atom stereocenters. The van der Waals surface area contributed by atoms with E-state index in [0.29, 0.717) is 22.4 Å². The minimum atomic E-state index is -0.301. The maximum atomic E-state index is 12.2. The van der Waals surface area contributed by atoms with Gasteiger partial charge in [-0.25, -0.2) is 4.98 Å². The van der Waals surface area contributed by atoms with Crippen LogP contribution in [0.25, 0.3) is 10.2 Å². The molecule has 1 N–H and O–H groups in total. The van der Waals surface area contributed by atoms with Crippen molar-refractivity contribution in [1.29, 1.82) is 0 Å². The summed E-state index contributed by atoms with van der Waals surface area (Å²) < 4.78 is 17.2. The normalized spacial score (nSPS) is 10.4. The number of nitrogens with zero attached hydrogens (tertiary/aromatic N) is 1. The highest BCUT2D eigenvalue weighted by molar-refractivity contribution is 7.22. The Morgan fingerprint density at radius 2 is 2.00 bits per heavy atom. The molecule has 0 saturated carbocycles. The first kappa shape index (κ1) is 18.7. The SMILES string of the molecule is C=CCc1ccc(OCC(=O)Nc2nc3c(OC)cccc3s2)c(OC)c1. The van der Waals surface area contributed by atoms with Gasteiger partial charge in [0.2, 0.25) is 0 Å². The van der Waals surface area contributed by atoms with Crippen LogP contribution in [0.4, 0.5) is 5.13 Å². The molecule has 3 aromatic rings. The third-order valence-corrected chi connectivity index (χ3v) is 4.75. The topological polar surface area (TPSA) is 69.7 Å². The third-order valence-electron chi connectivity index (χ3n) is 3.82. The van der Waals surface area contributed by atoms with Crippen LogP contribution >= 0.6 is 11.3 Å². The maximum Gasteiger partial charge on any atom is 0.264 e. The standard InChI is InChI=1S/C20H20N2O4S/c1-4-6-13-9-10-14(16(11-13)25-3)26-12-18(23)21-20-22-19-15(24-2)7-5-8-17(19)27-20/h4-5,7-11H,1,6,12H2,2-3H3,(H,21,22,23). The summed E-state index contributed by atoms with van der Waals surface area (Å²) in [6.07, 6.45) is 2.55. The van der Waals surface area contributed by atoms with Crippen molar-refractivity contribution in [2.75, 3.05) is 26.1 Å². The predicted molar refractivity (Wildman–Crippen MR) is 107 cm³/mol. The Bertz CT molecular complexity index is 968. The van der Waals surface area contributed by atoms with Crippen molar-refractivity contribution in [3.63, 3.8) is 0 Å². The van der Waals surface area contributed by atoms with E-state index in [9.17, 15) is 4.79 Å². The molecule has 3 rings (SSSR count). The number of benzene rings is 2. The lowest BCUT2D eigenvalue weighted by Gasteiger charge is -2.11. The van der Waals surface area contributed by atoms with Crippen molar-refractivity contribution in [3.05, 3.63) is 54.6 Å². The molecule has 1 heterocycles. The minimum absolute atomic E-state index is 0.149. The smallest absolute Gasteiger partial charge is 0.264 e. The van der Waals surface area contributed by atoms with Crippen LogP contribution in [0.1, 0.15) is 5.56 Å². The van der Waals surface area contributed by atoms with Gasteiger partial charge in [-0.3, -0.25) is 10.1 Å². The van der Waals surface area contributed by atoms with Crippen molar-refractivity contribution < 1.29 is 19.0 Å². The van der Waals surface area contributed by atoms with Gasteiger partial charge in [0.15, 0.2) is 23.2 Å². The summed E-state index contributed by atoms with van der Waals surface area (Å²) in [7, 11) is 3.16. The molecule has 0 aliphatic heterocycles. The summed E-state index contributed by atoms with van der Waals surface area (Å²) in [6.45, 7) is 3.57. The van der Waals surface area contributed by atoms with Crippen LogP contribution in [0.5, 0.6) is 17.2 Å². The summed E-state index contributed by atoms with van der Waals surface area (Å²) in [4.78, 5) is 16.6. The molecule has 0 saturated heterocycles. The van der Waals surface area contributed by atoms with Crippen molar-refractivity contribution >= 4 is 32.6 Å². The molecular formula is C20H20N2O4S. The predicted octanol–water partition coefficient (Wildman–Crippen LogP) is 4.06. The number of thiazole rings is 1. The Kier molecular flexibility index (Phi) is 5.93. The number of carbonyl (C=O) groups excluding carboxylic acids is 1. The Labute approximate surface area is 161 Å². The van der Waals surface area contributed by atoms with Gasteiger partial charge in [0, 0.05) is 0 Å². The van der Waals surface area contributed by atoms with Crippen molar-refractivity contribution in [2.45, 2.75) is 6.42 Å². The number of para-hydroxylation sites is 1. The van der Waals surface area contributed by atoms with Gasteiger partial charge in [0.25, 0.3) is 5.91 Å². The van der Waals surface area contributed by atoms with Gasteiger partial charge < -0.3 is 14.2 Å². The van der Waals surface area contributed by atoms with Gasteiger partial charge in [-0.05, 0) is 36.2 Å². The van der Waals surface area contributed by atoms with E-state index in [2.05, 4.69) is 16.9 Å². The van der Waals surface area contributed by atoms with Crippen LogP contribution < -0.4 is 19.5 Å². The molecule has 1 amide bonds. The second-order valence-corrected chi connectivity index (χ2v) is 6.67. The van der Waals surface area contributed by atoms with Gasteiger partial charge in [0.1, 0.15) is 11.3 Å². The van der Waals surface area contributed by atoms with E-state index in [1.54, 1.807) is 20.3 Å². The van der Waals surface area contributed by atoms with Crippen molar-refractivity contribution in [2.24, 2.45) is 0 Å². The van der Waals surface area contributed by atoms with E-state index < -0.39 is 0 Å². The van der Waals surface area contributed by atoms with Gasteiger partial charge in [0.05, 0.1) is 18.9 Å². The number of methoxy groups -OCH3 is 2. The molecule has 2 aromatic carbocycles. The van der Waals surface area contributed by atoms with Crippen molar-refractivity contribution in [1.82, 2.24) is 4.98 Å². The molecule has 0 aliphatic carbocycles. The zero-order valence-corrected chi connectivity index (χ0v) is 16.0. The Balaban J connectivity index is 1.65. The van der Waals surface area contributed by atoms with Crippen LogP contribution in [0.15, 0.2) is 49.1 Å². The summed E-state index contributed by atoms with van der Waals surface area (Å²) >= 11 is 1.38. The largest absolute Gasteiger partial charge is 0.494 e. The zero-order valence-electron chi connectivity index (χ0n) is 15.2. The monoisotopic (exact) mass is 384 g/mol. The Morgan fingerprint density at radius 3 is 2.74 bits per heavy atom. The number of hydrogen-bond donors (Lipinski definition) is 1. The average molecular weight is 384 g/mol. The van der Waals surface area contributed by atoms with Gasteiger partial charge in [-0.2, -0.15) is 0 Å².